The van der Waals surface area contributed by atoms with Crippen LogP contribution in [0, 0.1) is 22.7 Å². The normalized spacial score (nSPS) is 10.3. The second-order valence-corrected chi connectivity index (χ2v) is 3.98. The fraction of sp³-hybridized carbons (Fsp3) is 0.312. The van der Waals surface area contributed by atoms with Crippen LogP contribution in [0.2, 0.25) is 0 Å². The van der Waals surface area contributed by atoms with Gasteiger partial charge in [0.25, 0.3) is 0 Å². The Morgan fingerprint density at radius 3 is 2.55 bits per heavy atom. The lowest BCUT2D eigenvalue weighted by Gasteiger charge is -2.10. The van der Waals surface area contributed by atoms with Crippen molar-refractivity contribution in [3.63, 3.8) is 0 Å². The van der Waals surface area contributed by atoms with Gasteiger partial charge >= 0.3 is 5.97 Å². The van der Waals surface area contributed by atoms with Crippen molar-refractivity contribution in [3.05, 3.63) is 29.3 Å². The maximum Gasteiger partial charge on any atom is 0.348 e. The van der Waals surface area contributed by atoms with Crippen LogP contribution in [0.25, 0.3) is 6.08 Å². The van der Waals surface area contributed by atoms with Crippen molar-refractivity contribution in [2.75, 3.05) is 19.8 Å². The Morgan fingerprint density at radius 2 is 1.95 bits per heavy atom. The number of nitriles is 2. The molecule has 6 nitrogen and oxygen atoms in total. The van der Waals surface area contributed by atoms with Crippen molar-refractivity contribution < 1.29 is 19.0 Å². The summed E-state index contributed by atoms with van der Waals surface area (Å²) in [6, 6.07) is 8.59. The first-order valence-corrected chi connectivity index (χ1v) is 6.71. The van der Waals surface area contributed by atoms with Crippen LogP contribution in [0.5, 0.6) is 11.5 Å². The molecule has 1 rings (SSSR count). The van der Waals surface area contributed by atoms with Gasteiger partial charge in [-0.15, -0.1) is 0 Å². The van der Waals surface area contributed by atoms with E-state index in [1.807, 2.05) is 13.0 Å². The van der Waals surface area contributed by atoms with E-state index in [-0.39, 0.29) is 18.8 Å². The van der Waals surface area contributed by atoms with Gasteiger partial charge in [0.2, 0.25) is 0 Å². The lowest BCUT2D eigenvalue weighted by Crippen LogP contribution is -2.06. The lowest BCUT2D eigenvalue weighted by molar-refractivity contribution is -0.137. The summed E-state index contributed by atoms with van der Waals surface area (Å²) in [5.41, 5.74) is 0.493. The Labute approximate surface area is 129 Å². The van der Waals surface area contributed by atoms with E-state index in [9.17, 15) is 4.79 Å². The molecule has 0 aliphatic heterocycles. The zero-order valence-electron chi connectivity index (χ0n) is 12.5. The highest BCUT2D eigenvalue weighted by Gasteiger charge is 2.11. The van der Waals surface area contributed by atoms with E-state index in [1.165, 1.54) is 6.08 Å². The van der Waals surface area contributed by atoms with E-state index in [0.29, 0.717) is 23.7 Å². The molecule has 0 saturated heterocycles. The molecular formula is C16H16N2O4. The molecule has 22 heavy (non-hydrogen) atoms. The van der Waals surface area contributed by atoms with Crippen molar-refractivity contribution in [2.45, 2.75) is 13.8 Å². The molecule has 0 radical (unpaired) electrons. The fourth-order valence-electron chi connectivity index (χ4n) is 1.62. The molecule has 114 valence electrons. The fourth-order valence-corrected chi connectivity index (χ4v) is 1.62. The smallest absolute Gasteiger partial charge is 0.348 e. The maximum atomic E-state index is 11.6. The van der Waals surface area contributed by atoms with Crippen LogP contribution in [0.4, 0.5) is 0 Å². The van der Waals surface area contributed by atoms with Crippen molar-refractivity contribution in [2.24, 2.45) is 0 Å². The zero-order valence-corrected chi connectivity index (χ0v) is 12.5. The Kier molecular flexibility index (Phi) is 7.01. The van der Waals surface area contributed by atoms with Crippen LogP contribution in [0.3, 0.4) is 0 Å². The van der Waals surface area contributed by atoms with Crippen LogP contribution >= 0.6 is 0 Å². The second-order valence-electron chi connectivity index (χ2n) is 3.98. The van der Waals surface area contributed by atoms with E-state index in [2.05, 4.69) is 0 Å². The van der Waals surface area contributed by atoms with Gasteiger partial charge in [-0.2, -0.15) is 10.5 Å². The molecule has 6 heteroatoms. The number of rotatable bonds is 7. The number of nitrogens with zero attached hydrogens (tertiary/aromatic N) is 2. The SMILES string of the molecule is CCOC(=O)/C(C#N)=C/c1ccc(OCC#N)c(OCC)c1. The van der Waals surface area contributed by atoms with E-state index >= 15 is 0 Å². The minimum absolute atomic E-state index is 0.0957. The van der Waals surface area contributed by atoms with E-state index in [1.54, 1.807) is 31.2 Å². The molecule has 0 unspecified atom stereocenters. The van der Waals surface area contributed by atoms with E-state index in [0.717, 1.165) is 0 Å². The minimum atomic E-state index is -0.673. The lowest BCUT2D eigenvalue weighted by atomic mass is 10.1. The number of esters is 1. The largest absolute Gasteiger partial charge is 0.490 e. The van der Waals surface area contributed by atoms with Gasteiger partial charge in [-0.05, 0) is 37.6 Å². The predicted molar refractivity (Wildman–Crippen MR) is 78.9 cm³/mol. The molecule has 0 aromatic heterocycles. The van der Waals surface area contributed by atoms with Crippen LogP contribution in [-0.4, -0.2) is 25.8 Å². The quantitative estimate of drug-likeness (QED) is 0.436. The van der Waals surface area contributed by atoms with Crippen molar-refractivity contribution >= 4 is 12.0 Å². The van der Waals surface area contributed by atoms with Gasteiger partial charge in [0, 0.05) is 0 Å². The standard InChI is InChI=1S/C16H16N2O4/c1-3-20-15-10-12(5-6-14(15)22-8-7-17)9-13(11-18)16(19)21-4-2/h5-6,9-10H,3-4,8H2,1-2H3/b13-9+. The molecule has 0 heterocycles. The third-order valence-electron chi connectivity index (χ3n) is 2.49. The van der Waals surface area contributed by atoms with E-state index in [4.69, 9.17) is 24.7 Å². The number of ether oxygens (including phenoxy) is 3. The summed E-state index contributed by atoms with van der Waals surface area (Å²) in [7, 11) is 0. The maximum absolute atomic E-state index is 11.6. The Hall–Kier alpha value is -2.99. The molecule has 0 aliphatic carbocycles. The molecular weight excluding hydrogens is 284 g/mol. The van der Waals surface area contributed by atoms with E-state index < -0.39 is 5.97 Å². The summed E-state index contributed by atoms with van der Waals surface area (Å²) in [6.45, 7) is 4.00. The van der Waals surface area contributed by atoms with Crippen molar-refractivity contribution in [1.82, 2.24) is 0 Å². The molecule has 0 saturated carbocycles. The zero-order chi connectivity index (χ0) is 16.4. The summed E-state index contributed by atoms with van der Waals surface area (Å²) < 4.78 is 15.5. The topological polar surface area (TPSA) is 92.3 Å². The summed E-state index contributed by atoms with van der Waals surface area (Å²) in [4.78, 5) is 11.6. The summed E-state index contributed by atoms with van der Waals surface area (Å²) >= 11 is 0. The van der Waals surface area contributed by atoms with Crippen molar-refractivity contribution in [1.29, 1.82) is 10.5 Å². The Balaban J connectivity index is 3.10. The summed E-state index contributed by atoms with van der Waals surface area (Å²) in [5, 5.41) is 17.6. The van der Waals surface area contributed by atoms with Gasteiger partial charge in [-0.3, -0.25) is 0 Å². The van der Waals surface area contributed by atoms with Crippen LogP contribution in [-0.2, 0) is 9.53 Å². The second kappa shape index (κ2) is 9.04. The molecule has 0 atom stereocenters. The first kappa shape index (κ1) is 17.1. The highest BCUT2D eigenvalue weighted by Crippen LogP contribution is 2.29. The van der Waals surface area contributed by atoms with Gasteiger partial charge in [-0.1, -0.05) is 6.07 Å². The molecule has 0 N–H and O–H groups in total. The average molecular weight is 300 g/mol. The summed E-state index contributed by atoms with van der Waals surface area (Å²) in [5.74, 6) is 0.190. The number of benzene rings is 1. The Bertz CT molecular complexity index is 639. The third-order valence-corrected chi connectivity index (χ3v) is 2.49. The molecule has 1 aromatic carbocycles. The highest BCUT2D eigenvalue weighted by molar-refractivity contribution is 5.97. The first-order chi connectivity index (χ1) is 10.7. The van der Waals surface area contributed by atoms with Gasteiger partial charge in [0.1, 0.15) is 17.7 Å². The predicted octanol–water partition coefficient (Wildman–Crippen LogP) is 2.46. The minimum Gasteiger partial charge on any atom is -0.490 e. The van der Waals surface area contributed by atoms with Crippen LogP contribution in [0.15, 0.2) is 23.8 Å². The highest BCUT2D eigenvalue weighted by atomic mass is 16.5. The number of hydrogen-bond acceptors (Lipinski definition) is 6. The molecule has 1 aromatic rings. The number of carbonyl (C=O) groups excluding carboxylic acids is 1. The van der Waals surface area contributed by atoms with Gasteiger partial charge in [0.05, 0.1) is 13.2 Å². The monoisotopic (exact) mass is 300 g/mol. The van der Waals surface area contributed by atoms with Crippen LogP contribution < -0.4 is 9.47 Å². The summed E-state index contributed by atoms with van der Waals surface area (Å²) in [6.07, 6.45) is 1.41. The van der Waals surface area contributed by atoms with Crippen molar-refractivity contribution in [3.8, 4) is 23.6 Å². The molecule has 0 spiro atoms. The van der Waals surface area contributed by atoms with Gasteiger partial charge in [-0.25, -0.2) is 4.79 Å². The third kappa shape index (κ3) is 4.84. The number of hydrogen-bond donors (Lipinski definition) is 0. The first-order valence-electron chi connectivity index (χ1n) is 6.71. The van der Waals surface area contributed by atoms with Gasteiger partial charge < -0.3 is 14.2 Å². The van der Waals surface area contributed by atoms with Gasteiger partial charge in [0.15, 0.2) is 18.1 Å². The molecule has 0 amide bonds. The molecule has 0 fully saturated rings. The van der Waals surface area contributed by atoms with Crippen LogP contribution in [0.1, 0.15) is 19.4 Å². The average Bonchev–Trinajstić information content (AvgIpc) is 2.52. The molecule has 0 bridgehead atoms. The number of carbonyl (C=O) groups is 1. The Morgan fingerprint density at radius 1 is 1.18 bits per heavy atom. The molecule has 0 aliphatic rings.